The second-order valence-electron chi connectivity index (χ2n) is 4.38. The Kier molecular flexibility index (Phi) is 4.99. The minimum atomic E-state index is -0.397. The molecule has 2 nitrogen and oxygen atoms in total. The molecule has 1 N–H and O–H groups in total. The standard InChI is InChI=1S/C16H17ClFNO/c1-3-19-16(11-7-4-5-10-14(11)20-2)12-8-6-9-13(17)15(12)18/h4-10,16,19H,3H2,1-2H3. The van der Waals surface area contributed by atoms with Crippen molar-refractivity contribution >= 4 is 11.6 Å². The molecule has 0 saturated heterocycles. The monoisotopic (exact) mass is 293 g/mol. The van der Waals surface area contributed by atoms with Crippen LogP contribution in [0.4, 0.5) is 4.39 Å². The van der Waals surface area contributed by atoms with Gasteiger partial charge in [-0.25, -0.2) is 4.39 Å². The highest BCUT2D eigenvalue weighted by atomic mass is 35.5. The predicted octanol–water partition coefficient (Wildman–Crippen LogP) is 4.19. The zero-order valence-corrected chi connectivity index (χ0v) is 12.2. The molecule has 0 spiro atoms. The van der Waals surface area contributed by atoms with E-state index < -0.39 is 5.82 Å². The Labute approximate surface area is 123 Å². The number of ether oxygens (including phenoxy) is 1. The summed E-state index contributed by atoms with van der Waals surface area (Å²) in [5.74, 6) is 0.323. The number of benzene rings is 2. The number of nitrogens with one attached hydrogen (secondary N) is 1. The van der Waals surface area contributed by atoms with E-state index in [4.69, 9.17) is 16.3 Å². The maximum absolute atomic E-state index is 14.3. The van der Waals surface area contributed by atoms with Gasteiger partial charge in [0.15, 0.2) is 0 Å². The number of hydrogen-bond acceptors (Lipinski definition) is 2. The summed E-state index contributed by atoms with van der Waals surface area (Å²) in [7, 11) is 1.61. The first kappa shape index (κ1) is 14.8. The molecule has 0 aliphatic carbocycles. The van der Waals surface area contributed by atoms with Gasteiger partial charge in [0.2, 0.25) is 0 Å². The van der Waals surface area contributed by atoms with Gasteiger partial charge >= 0.3 is 0 Å². The second-order valence-corrected chi connectivity index (χ2v) is 4.78. The van der Waals surface area contributed by atoms with E-state index in [1.807, 2.05) is 31.2 Å². The van der Waals surface area contributed by atoms with Crippen molar-refractivity contribution in [3.05, 3.63) is 64.4 Å². The van der Waals surface area contributed by atoms with E-state index in [2.05, 4.69) is 5.32 Å². The van der Waals surface area contributed by atoms with Gasteiger partial charge in [-0.05, 0) is 18.7 Å². The van der Waals surface area contributed by atoms with Gasteiger partial charge in [-0.2, -0.15) is 0 Å². The van der Waals surface area contributed by atoms with E-state index in [1.54, 1.807) is 25.3 Å². The van der Waals surface area contributed by atoms with Crippen LogP contribution in [-0.2, 0) is 0 Å². The highest BCUT2D eigenvalue weighted by Gasteiger charge is 2.21. The van der Waals surface area contributed by atoms with E-state index in [0.717, 1.165) is 11.3 Å². The van der Waals surface area contributed by atoms with Gasteiger partial charge in [-0.3, -0.25) is 0 Å². The average molecular weight is 294 g/mol. The van der Waals surface area contributed by atoms with Gasteiger partial charge in [0.1, 0.15) is 11.6 Å². The number of halogens is 2. The van der Waals surface area contributed by atoms with E-state index in [1.165, 1.54) is 0 Å². The minimum Gasteiger partial charge on any atom is -0.496 e. The van der Waals surface area contributed by atoms with Crippen LogP contribution in [0.3, 0.4) is 0 Å². The topological polar surface area (TPSA) is 21.3 Å². The summed E-state index contributed by atoms with van der Waals surface area (Å²) in [5, 5.41) is 3.40. The smallest absolute Gasteiger partial charge is 0.146 e. The quantitative estimate of drug-likeness (QED) is 0.892. The van der Waals surface area contributed by atoms with Crippen molar-refractivity contribution in [3.8, 4) is 5.75 Å². The van der Waals surface area contributed by atoms with Crippen LogP contribution in [-0.4, -0.2) is 13.7 Å². The molecular weight excluding hydrogens is 277 g/mol. The predicted molar refractivity (Wildman–Crippen MR) is 79.9 cm³/mol. The third-order valence-electron chi connectivity index (χ3n) is 3.15. The lowest BCUT2D eigenvalue weighted by molar-refractivity contribution is 0.403. The molecule has 0 saturated carbocycles. The van der Waals surface area contributed by atoms with Gasteiger partial charge in [0, 0.05) is 11.1 Å². The van der Waals surface area contributed by atoms with Crippen molar-refractivity contribution < 1.29 is 9.13 Å². The van der Waals surface area contributed by atoms with Crippen molar-refractivity contribution in [2.75, 3.05) is 13.7 Å². The maximum Gasteiger partial charge on any atom is 0.146 e. The van der Waals surface area contributed by atoms with Gasteiger partial charge in [0.25, 0.3) is 0 Å². The molecule has 2 aromatic carbocycles. The lowest BCUT2D eigenvalue weighted by atomic mass is 9.97. The molecule has 0 aromatic heterocycles. The fraction of sp³-hybridized carbons (Fsp3) is 0.250. The van der Waals surface area contributed by atoms with Crippen molar-refractivity contribution in [2.24, 2.45) is 0 Å². The van der Waals surface area contributed by atoms with Gasteiger partial charge < -0.3 is 10.1 Å². The molecule has 0 aliphatic rings. The summed E-state index contributed by atoms with van der Waals surface area (Å²) in [6.07, 6.45) is 0. The number of para-hydroxylation sites is 1. The Bertz CT molecular complexity index is 588. The third-order valence-corrected chi connectivity index (χ3v) is 3.44. The third kappa shape index (κ3) is 2.94. The SMILES string of the molecule is CCNC(c1ccccc1OC)c1cccc(Cl)c1F. The van der Waals surface area contributed by atoms with Crippen LogP contribution >= 0.6 is 11.6 Å². The molecular formula is C16H17ClFNO. The summed E-state index contributed by atoms with van der Waals surface area (Å²) < 4.78 is 19.7. The van der Waals surface area contributed by atoms with Crippen LogP contribution in [0, 0.1) is 5.82 Å². The molecule has 0 aliphatic heterocycles. The van der Waals surface area contributed by atoms with Gasteiger partial charge in [-0.15, -0.1) is 0 Å². The number of methoxy groups -OCH3 is 1. The Morgan fingerprint density at radius 2 is 1.85 bits per heavy atom. The fourth-order valence-corrected chi connectivity index (χ4v) is 2.42. The molecule has 106 valence electrons. The molecule has 1 unspecified atom stereocenters. The summed E-state index contributed by atoms with van der Waals surface area (Å²) in [5.41, 5.74) is 1.40. The Morgan fingerprint density at radius 1 is 1.15 bits per heavy atom. The van der Waals surface area contributed by atoms with E-state index in [0.29, 0.717) is 12.1 Å². The van der Waals surface area contributed by atoms with Crippen LogP contribution in [0.2, 0.25) is 5.02 Å². The molecule has 4 heteroatoms. The van der Waals surface area contributed by atoms with Crippen molar-refractivity contribution in [1.82, 2.24) is 5.32 Å². The average Bonchev–Trinajstić information content (AvgIpc) is 2.48. The zero-order chi connectivity index (χ0) is 14.5. The molecule has 0 bridgehead atoms. The Balaban J connectivity index is 2.53. The Morgan fingerprint density at radius 3 is 2.55 bits per heavy atom. The molecule has 2 aromatic rings. The molecule has 0 amide bonds. The maximum atomic E-state index is 14.3. The molecule has 1 atom stereocenters. The highest BCUT2D eigenvalue weighted by molar-refractivity contribution is 6.30. The largest absolute Gasteiger partial charge is 0.496 e. The molecule has 20 heavy (non-hydrogen) atoms. The zero-order valence-electron chi connectivity index (χ0n) is 11.5. The first-order valence-corrected chi connectivity index (χ1v) is 6.87. The number of hydrogen-bond donors (Lipinski definition) is 1. The van der Waals surface area contributed by atoms with Crippen molar-refractivity contribution in [3.63, 3.8) is 0 Å². The molecule has 0 fully saturated rings. The van der Waals surface area contributed by atoms with E-state index in [-0.39, 0.29) is 11.1 Å². The first-order valence-electron chi connectivity index (χ1n) is 6.49. The first-order chi connectivity index (χ1) is 9.69. The summed E-state index contributed by atoms with van der Waals surface area (Å²) in [4.78, 5) is 0. The van der Waals surface area contributed by atoms with Crippen LogP contribution in [0.25, 0.3) is 0 Å². The lowest BCUT2D eigenvalue weighted by Crippen LogP contribution is -2.23. The van der Waals surface area contributed by atoms with Crippen LogP contribution in [0.1, 0.15) is 24.1 Å². The van der Waals surface area contributed by atoms with Crippen molar-refractivity contribution in [2.45, 2.75) is 13.0 Å². The van der Waals surface area contributed by atoms with Crippen LogP contribution in [0.5, 0.6) is 5.75 Å². The van der Waals surface area contributed by atoms with Crippen LogP contribution in [0.15, 0.2) is 42.5 Å². The second kappa shape index (κ2) is 6.73. The molecule has 0 heterocycles. The molecule has 0 radical (unpaired) electrons. The van der Waals surface area contributed by atoms with Gasteiger partial charge in [-0.1, -0.05) is 48.9 Å². The summed E-state index contributed by atoms with van der Waals surface area (Å²) in [6.45, 7) is 2.68. The van der Waals surface area contributed by atoms with Crippen LogP contribution < -0.4 is 10.1 Å². The van der Waals surface area contributed by atoms with Crippen molar-refractivity contribution in [1.29, 1.82) is 0 Å². The van der Waals surface area contributed by atoms with Gasteiger partial charge in [0.05, 0.1) is 18.2 Å². The fourth-order valence-electron chi connectivity index (χ4n) is 2.24. The van der Waals surface area contributed by atoms with E-state index in [9.17, 15) is 4.39 Å². The lowest BCUT2D eigenvalue weighted by Gasteiger charge is -2.22. The Hall–Kier alpha value is -1.58. The minimum absolute atomic E-state index is 0.125. The highest BCUT2D eigenvalue weighted by Crippen LogP contribution is 2.32. The van der Waals surface area contributed by atoms with E-state index >= 15 is 0 Å². The summed E-state index contributed by atoms with van der Waals surface area (Å²) >= 11 is 5.89. The number of rotatable bonds is 5. The summed E-state index contributed by atoms with van der Waals surface area (Å²) in [6, 6.07) is 12.3. The normalized spacial score (nSPS) is 12.2. The molecule has 2 rings (SSSR count).